The van der Waals surface area contributed by atoms with Crippen molar-refractivity contribution in [1.29, 1.82) is 0 Å². The van der Waals surface area contributed by atoms with Crippen LogP contribution in [0, 0.1) is 5.92 Å². The SMILES string of the molecule is C1CCC(CCCc2nc(C3CCOC3)no2)CC1. The predicted octanol–water partition coefficient (Wildman–Crippen LogP) is 3.48. The van der Waals surface area contributed by atoms with Gasteiger partial charge in [-0.1, -0.05) is 37.3 Å². The Morgan fingerprint density at radius 2 is 2.00 bits per heavy atom. The van der Waals surface area contributed by atoms with Gasteiger partial charge < -0.3 is 9.26 Å². The minimum Gasteiger partial charge on any atom is -0.381 e. The van der Waals surface area contributed by atoms with Crippen molar-refractivity contribution >= 4 is 0 Å². The lowest BCUT2D eigenvalue weighted by atomic mass is 9.86. The van der Waals surface area contributed by atoms with Crippen molar-refractivity contribution < 1.29 is 9.26 Å². The van der Waals surface area contributed by atoms with Crippen LogP contribution >= 0.6 is 0 Å². The molecule has 0 aromatic carbocycles. The number of hydrogen-bond acceptors (Lipinski definition) is 4. The third kappa shape index (κ3) is 3.56. The Morgan fingerprint density at radius 1 is 1.11 bits per heavy atom. The van der Waals surface area contributed by atoms with Crippen LogP contribution in [0.2, 0.25) is 0 Å². The number of ether oxygens (including phenoxy) is 1. The molecule has 1 aromatic rings. The van der Waals surface area contributed by atoms with E-state index in [2.05, 4.69) is 10.1 Å². The first-order valence-corrected chi connectivity index (χ1v) is 7.82. The summed E-state index contributed by atoms with van der Waals surface area (Å²) in [5, 5.41) is 4.10. The van der Waals surface area contributed by atoms with E-state index in [4.69, 9.17) is 9.26 Å². The van der Waals surface area contributed by atoms with Crippen molar-refractivity contribution in [3.8, 4) is 0 Å². The highest BCUT2D eigenvalue weighted by Gasteiger charge is 2.23. The van der Waals surface area contributed by atoms with E-state index in [1.54, 1.807) is 0 Å². The van der Waals surface area contributed by atoms with Crippen molar-refractivity contribution in [2.75, 3.05) is 13.2 Å². The van der Waals surface area contributed by atoms with Gasteiger partial charge >= 0.3 is 0 Å². The van der Waals surface area contributed by atoms with Crippen molar-refractivity contribution in [3.05, 3.63) is 11.7 Å². The van der Waals surface area contributed by atoms with E-state index in [1.165, 1.54) is 44.9 Å². The molecule has 2 fully saturated rings. The minimum atomic E-state index is 0.357. The molecule has 0 radical (unpaired) electrons. The second kappa shape index (κ2) is 6.51. The maximum Gasteiger partial charge on any atom is 0.226 e. The summed E-state index contributed by atoms with van der Waals surface area (Å²) in [6.45, 7) is 1.58. The molecule has 3 rings (SSSR count). The Morgan fingerprint density at radius 3 is 2.79 bits per heavy atom. The van der Waals surface area contributed by atoms with Gasteiger partial charge in [0, 0.05) is 18.9 Å². The highest BCUT2D eigenvalue weighted by atomic mass is 16.5. The molecule has 1 aliphatic heterocycles. The predicted molar refractivity (Wildman–Crippen MR) is 72.0 cm³/mol. The van der Waals surface area contributed by atoms with Gasteiger partial charge in [-0.15, -0.1) is 0 Å². The summed E-state index contributed by atoms with van der Waals surface area (Å²) >= 11 is 0. The summed E-state index contributed by atoms with van der Waals surface area (Å²) in [6, 6.07) is 0. The van der Waals surface area contributed by atoms with E-state index in [0.29, 0.717) is 5.92 Å². The molecule has 2 heterocycles. The normalized spacial score (nSPS) is 24.9. The standard InChI is InChI=1S/C15H24N2O2/c1-2-5-12(6-3-1)7-4-8-14-16-15(17-19-14)13-9-10-18-11-13/h12-13H,1-11H2. The number of aryl methyl sites for hydroxylation is 1. The molecule has 106 valence electrons. The average molecular weight is 264 g/mol. The lowest BCUT2D eigenvalue weighted by molar-refractivity contribution is 0.192. The van der Waals surface area contributed by atoms with Crippen LogP contribution in [-0.4, -0.2) is 23.4 Å². The summed E-state index contributed by atoms with van der Waals surface area (Å²) in [5.74, 6) is 2.97. The Hall–Kier alpha value is -0.900. The molecular weight excluding hydrogens is 240 g/mol. The van der Waals surface area contributed by atoms with E-state index in [9.17, 15) is 0 Å². The topological polar surface area (TPSA) is 48.2 Å². The van der Waals surface area contributed by atoms with Gasteiger partial charge in [-0.25, -0.2) is 0 Å². The van der Waals surface area contributed by atoms with Crippen LogP contribution in [0.15, 0.2) is 4.52 Å². The van der Waals surface area contributed by atoms with Crippen molar-refractivity contribution in [1.82, 2.24) is 10.1 Å². The van der Waals surface area contributed by atoms with Gasteiger partial charge in [-0.2, -0.15) is 4.98 Å². The van der Waals surface area contributed by atoms with Crippen molar-refractivity contribution in [2.24, 2.45) is 5.92 Å². The lowest BCUT2D eigenvalue weighted by Crippen LogP contribution is -2.06. The highest BCUT2D eigenvalue weighted by molar-refractivity contribution is 4.97. The van der Waals surface area contributed by atoms with Crippen LogP contribution in [0.1, 0.15) is 69.0 Å². The second-order valence-electron chi connectivity index (χ2n) is 6.00. The van der Waals surface area contributed by atoms with Gasteiger partial charge in [-0.3, -0.25) is 0 Å². The van der Waals surface area contributed by atoms with Crippen LogP contribution in [0.4, 0.5) is 0 Å². The van der Waals surface area contributed by atoms with Gasteiger partial charge in [0.1, 0.15) is 0 Å². The second-order valence-corrected chi connectivity index (χ2v) is 6.00. The molecular formula is C15H24N2O2. The summed E-state index contributed by atoms with van der Waals surface area (Å²) in [7, 11) is 0. The average Bonchev–Trinajstić information content (AvgIpc) is 3.10. The molecule has 0 N–H and O–H groups in total. The van der Waals surface area contributed by atoms with E-state index in [0.717, 1.165) is 43.7 Å². The van der Waals surface area contributed by atoms with Crippen LogP contribution in [0.3, 0.4) is 0 Å². The molecule has 2 aliphatic rings. The van der Waals surface area contributed by atoms with E-state index >= 15 is 0 Å². The van der Waals surface area contributed by atoms with Crippen LogP contribution < -0.4 is 0 Å². The van der Waals surface area contributed by atoms with Crippen molar-refractivity contribution in [2.45, 2.75) is 63.7 Å². The fourth-order valence-corrected chi connectivity index (χ4v) is 3.29. The summed E-state index contributed by atoms with van der Waals surface area (Å²) < 4.78 is 10.7. The number of hydrogen-bond donors (Lipinski definition) is 0. The lowest BCUT2D eigenvalue weighted by Gasteiger charge is -2.20. The van der Waals surface area contributed by atoms with Gasteiger partial charge in [0.05, 0.1) is 6.61 Å². The van der Waals surface area contributed by atoms with Gasteiger partial charge in [0.2, 0.25) is 5.89 Å². The Balaban J connectivity index is 1.42. The first-order valence-electron chi connectivity index (χ1n) is 7.82. The third-order valence-electron chi connectivity index (χ3n) is 4.51. The number of nitrogens with zero attached hydrogens (tertiary/aromatic N) is 2. The Bertz CT molecular complexity index is 379. The fraction of sp³-hybridized carbons (Fsp3) is 0.867. The third-order valence-corrected chi connectivity index (χ3v) is 4.51. The molecule has 1 unspecified atom stereocenters. The zero-order chi connectivity index (χ0) is 12.9. The quantitative estimate of drug-likeness (QED) is 0.817. The number of aromatic nitrogens is 2. The molecule has 1 atom stereocenters. The molecule has 0 bridgehead atoms. The molecule has 4 nitrogen and oxygen atoms in total. The zero-order valence-corrected chi connectivity index (χ0v) is 11.6. The van der Waals surface area contributed by atoms with E-state index < -0.39 is 0 Å². The summed E-state index contributed by atoms with van der Waals surface area (Å²) in [5.41, 5.74) is 0. The largest absolute Gasteiger partial charge is 0.381 e. The smallest absolute Gasteiger partial charge is 0.226 e. The Labute approximate surface area is 114 Å². The van der Waals surface area contributed by atoms with Gasteiger partial charge in [0.25, 0.3) is 0 Å². The van der Waals surface area contributed by atoms with E-state index in [1.807, 2.05) is 0 Å². The fourth-order valence-electron chi connectivity index (χ4n) is 3.29. The Kier molecular flexibility index (Phi) is 4.49. The van der Waals surface area contributed by atoms with Gasteiger partial charge in [0.15, 0.2) is 5.82 Å². The molecule has 0 amide bonds. The van der Waals surface area contributed by atoms with Crippen LogP contribution in [0.5, 0.6) is 0 Å². The molecule has 1 aromatic heterocycles. The maximum atomic E-state index is 5.36. The molecule has 19 heavy (non-hydrogen) atoms. The first-order chi connectivity index (χ1) is 9.42. The molecule has 1 saturated carbocycles. The van der Waals surface area contributed by atoms with Crippen LogP contribution in [0.25, 0.3) is 0 Å². The molecule has 0 spiro atoms. The van der Waals surface area contributed by atoms with Crippen LogP contribution in [-0.2, 0) is 11.2 Å². The van der Waals surface area contributed by atoms with Crippen molar-refractivity contribution in [3.63, 3.8) is 0 Å². The molecule has 4 heteroatoms. The monoisotopic (exact) mass is 264 g/mol. The van der Waals surface area contributed by atoms with E-state index in [-0.39, 0.29) is 0 Å². The number of rotatable bonds is 5. The van der Waals surface area contributed by atoms with Gasteiger partial charge in [-0.05, 0) is 25.2 Å². The minimum absolute atomic E-state index is 0.357. The summed E-state index contributed by atoms with van der Waals surface area (Å²) in [4.78, 5) is 4.52. The highest BCUT2D eigenvalue weighted by Crippen LogP contribution is 2.28. The summed E-state index contributed by atoms with van der Waals surface area (Å²) in [6.07, 6.45) is 11.6. The molecule has 1 aliphatic carbocycles. The zero-order valence-electron chi connectivity index (χ0n) is 11.6. The maximum absolute atomic E-state index is 5.36. The first kappa shape index (κ1) is 13.1. The molecule has 1 saturated heterocycles.